The van der Waals surface area contributed by atoms with Crippen molar-refractivity contribution < 1.29 is 9.13 Å². The van der Waals surface area contributed by atoms with Crippen LogP contribution in [0.3, 0.4) is 0 Å². The molecule has 0 bridgehead atoms. The van der Waals surface area contributed by atoms with Crippen molar-refractivity contribution in [2.45, 2.75) is 6.92 Å². The van der Waals surface area contributed by atoms with Gasteiger partial charge >= 0.3 is 0 Å². The third kappa shape index (κ3) is 1.68. The van der Waals surface area contributed by atoms with Gasteiger partial charge in [0.05, 0.1) is 12.8 Å². The largest absolute Gasteiger partial charge is 0.495 e. The lowest BCUT2D eigenvalue weighted by atomic mass is 10.3. The SMILES string of the molecule is COc1cc(F)c(Br)nc1C. The minimum Gasteiger partial charge on any atom is -0.495 e. The van der Waals surface area contributed by atoms with Gasteiger partial charge in [-0.1, -0.05) is 0 Å². The third-order valence-electron chi connectivity index (χ3n) is 1.30. The number of aryl methyl sites for hydroxylation is 1. The predicted molar refractivity (Wildman–Crippen MR) is 43.2 cm³/mol. The van der Waals surface area contributed by atoms with Crippen LogP contribution in [-0.2, 0) is 0 Å². The van der Waals surface area contributed by atoms with E-state index in [0.29, 0.717) is 11.4 Å². The Morgan fingerprint density at radius 1 is 1.64 bits per heavy atom. The van der Waals surface area contributed by atoms with Gasteiger partial charge in [-0.3, -0.25) is 0 Å². The van der Waals surface area contributed by atoms with Gasteiger partial charge in [0.25, 0.3) is 0 Å². The van der Waals surface area contributed by atoms with Crippen LogP contribution < -0.4 is 4.74 Å². The van der Waals surface area contributed by atoms with Crippen LogP contribution in [0.2, 0.25) is 0 Å². The summed E-state index contributed by atoms with van der Waals surface area (Å²) in [4.78, 5) is 3.86. The zero-order chi connectivity index (χ0) is 8.43. The average Bonchev–Trinajstić information content (AvgIpc) is 1.97. The van der Waals surface area contributed by atoms with Gasteiger partial charge in [-0.25, -0.2) is 9.37 Å². The second-order valence-electron chi connectivity index (χ2n) is 2.05. The third-order valence-corrected chi connectivity index (χ3v) is 1.85. The molecule has 1 rings (SSSR count). The van der Waals surface area contributed by atoms with Crippen molar-refractivity contribution in [3.8, 4) is 5.75 Å². The summed E-state index contributed by atoms with van der Waals surface area (Å²) in [6.45, 7) is 1.75. The summed E-state index contributed by atoms with van der Waals surface area (Å²) in [6, 6.07) is 1.30. The lowest BCUT2D eigenvalue weighted by Gasteiger charge is -2.03. The Morgan fingerprint density at radius 3 is 2.82 bits per heavy atom. The second-order valence-corrected chi connectivity index (χ2v) is 2.80. The molecule has 0 amide bonds. The van der Waals surface area contributed by atoms with E-state index in [4.69, 9.17) is 4.74 Å². The van der Waals surface area contributed by atoms with E-state index in [2.05, 4.69) is 20.9 Å². The Labute approximate surface area is 72.5 Å². The van der Waals surface area contributed by atoms with Gasteiger partial charge in [0.15, 0.2) is 5.82 Å². The van der Waals surface area contributed by atoms with Crippen LogP contribution in [0.4, 0.5) is 4.39 Å². The summed E-state index contributed by atoms with van der Waals surface area (Å²) in [5.74, 6) is 0.0538. The smallest absolute Gasteiger partial charge is 0.159 e. The van der Waals surface area contributed by atoms with Gasteiger partial charge in [-0.05, 0) is 22.9 Å². The molecule has 2 nitrogen and oxygen atoms in total. The predicted octanol–water partition coefficient (Wildman–Crippen LogP) is 2.30. The average molecular weight is 220 g/mol. The van der Waals surface area contributed by atoms with Gasteiger partial charge in [-0.15, -0.1) is 0 Å². The van der Waals surface area contributed by atoms with Crippen LogP contribution in [0.1, 0.15) is 5.69 Å². The van der Waals surface area contributed by atoms with Crippen molar-refractivity contribution in [2.24, 2.45) is 0 Å². The molecule has 0 aliphatic rings. The Kier molecular flexibility index (Phi) is 2.44. The normalized spacial score (nSPS) is 9.82. The van der Waals surface area contributed by atoms with Crippen molar-refractivity contribution in [1.82, 2.24) is 4.98 Å². The molecule has 0 N–H and O–H groups in total. The topological polar surface area (TPSA) is 22.1 Å². The molecule has 1 aromatic rings. The Hall–Kier alpha value is -0.640. The molecule has 0 aliphatic heterocycles. The van der Waals surface area contributed by atoms with Crippen molar-refractivity contribution in [3.05, 3.63) is 22.2 Å². The lowest BCUT2D eigenvalue weighted by molar-refractivity contribution is 0.404. The van der Waals surface area contributed by atoms with E-state index < -0.39 is 5.82 Å². The molecular weight excluding hydrogens is 213 g/mol. The molecule has 11 heavy (non-hydrogen) atoms. The molecule has 0 spiro atoms. The minimum absolute atomic E-state index is 0.218. The summed E-state index contributed by atoms with van der Waals surface area (Å²) in [7, 11) is 1.48. The monoisotopic (exact) mass is 219 g/mol. The second kappa shape index (κ2) is 3.17. The van der Waals surface area contributed by atoms with Gasteiger partial charge in [0.2, 0.25) is 0 Å². The van der Waals surface area contributed by atoms with E-state index in [-0.39, 0.29) is 4.60 Å². The van der Waals surface area contributed by atoms with Crippen LogP contribution in [0, 0.1) is 12.7 Å². The molecule has 0 saturated heterocycles. The standard InChI is InChI=1S/C7H7BrFNO/c1-4-6(11-2)3-5(9)7(8)10-4/h3H,1-2H3. The molecule has 1 heterocycles. The Morgan fingerprint density at radius 2 is 2.27 bits per heavy atom. The van der Waals surface area contributed by atoms with Crippen LogP contribution in [0.25, 0.3) is 0 Å². The van der Waals surface area contributed by atoms with Crippen molar-refractivity contribution in [3.63, 3.8) is 0 Å². The molecule has 0 atom stereocenters. The fourth-order valence-corrected chi connectivity index (χ4v) is 1.12. The highest BCUT2D eigenvalue weighted by Gasteiger charge is 2.05. The molecule has 60 valence electrons. The first kappa shape index (κ1) is 8.46. The van der Waals surface area contributed by atoms with Crippen LogP contribution >= 0.6 is 15.9 Å². The molecule has 0 saturated carbocycles. The highest BCUT2D eigenvalue weighted by Crippen LogP contribution is 2.21. The van der Waals surface area contributed by atoms with Gasteiger partial charge in [0, 0.05) is 6.07 Å². The highest BCUT2D eigenvalue weighted by molar-refractivity contribution is 9.10. The fraction of sp³-hybridized carbons (Fsp3) is 0.286. The molecule has 0 aliphatic carbocycles. The van der Waals surface area contributed by atoms with Crippen LogP contribution in [0.15, 0.2) is 10.7 Å². The maximum absolute atomic E-state index is 12.8. The van der Waals surface area contributed by atoms with Crippen LogP contribution in [0.5, 0.6) is 5.75 Å². The Bertz CT molecular complexity index is 277. The highest BCUT2D eigenvalue weighted by atomic mass is 79.9. The number of halogens is 2. The number of hydrogen-bond donors (Lipinski definition) is 0. The fourth-order valence-electron chi connectivity index (χ4n) is 0.741. The first-order valence-corrected chi connectivity index (χ1v) is 3.81. The molecule has 0 unspecified atom stereocenters. The lowest BCUT2D eigenvalue weighted by Crippen LogP contribution is -1.93. The van der Waals surface area contributed by atoms with E-state index in [1.165, 1.54) is 13.2 Å². The van der Waals surface area contributed by atoms with Crippen molar-refractivity contribution >= 4 is 15.9 Å². The quantitative estimate of drug-likeness (QED) is 0.677. The van der Waals surface area contributed by atoms with E-state index >= 15 is 0 Å². The summed E-state index contributed by atoms with van der Waals surface area (Å²) >= 11 is 2.97. The van der Waals surface area contributed by atoms with E-state index in [1.54, 1.807) is 6.92 Å². The van der Waals surface area contributed by atoms with E-state index in [1.807, 2.05) is 0 Å². The minimum atomic E-state index is -0.410. The van der Waals surface area contributed by atoms with Crippen molar-refractivity contribution in [1.29, 1.82) is 0 Å². The van der Waals surface area contributed by atoms with Crippen LogP contribution in [-0.4, -0.2) is 12.1 Å². The van der Waals surface area contributed by atoms with Gasteiger partial charge in [-0.2, -0.15) is 0 Å². The maximum atomic E-state index is 12.8. The molecule has 1 aromatic heterocycles. The molecular formula is C7H7BrFNO. The Balaban J connectivity index is 3.21. The maximum Gasteiger partial charge on any atom is 0.159 e. The first-order chi connectivity index (χ1) is 5.15. The number of methoxy groups -OCH3 is 1. The number of rotatable bonds is 1. The number of nitrogens with zero attached hydrogens (tertiary/aromatic N) is 1. The molecule has 0 fully saturated rings. The van der Waals surface area contributed by atoms with Gasteiger partial charge in [0.1, 0.15) is 10.4 Å². The zero-order valence-corrected chi connectivity index (χ0v) is 7.77. The van der Waals surface area contributed by atoms with Gasteiger partial charge < -0.3 is 4.74 Å². The number of ether oxygens (including phenoxy) is 1. The first-order valence-electron chi connectivity index (χ1n) is 3.01. The molecule has 0 radical (unpaired) electrons. The number of hydrogen-bond acceptors (Lipinski definition) is 2. The number of pyridine rings is 1. The molecule has 4 heteroatoms. The summed E-state index contributed by atoms with van der Waals surface area (Å²) in [5.41, 5.74) is 0.667. The van der Waals surface area contributed by atoms with E-state index in [9.17, 15) is 4.39 Å². The zero-order valence-electron chi connectivity index (χ0n) is 6.19. The summed E-state index contributed by atoms with van der Waals surface area (Å²) in [5, 5.41) is 0. The molecule has 0 aromatic carbocycles. The van der Waals surface area contributed by atoms with E-state index in [0.717, 1.165) is 0 Å². The van der Waals surface area contributed by atoms with Crippen molar-refractivity contribution in [2.75, 3.05) is 7.11 Å². The summed E-state index contributed by atoms with van der Waals surface area (Å²) < 4.78 is 17.8. The summed E-state index contributed by atoms with van der Waals surface area (Å²) in [6.07, 6.45) is 0. The number of aromatic nitrogens is 1.